The van der Waals surface area contributed by atoms with Crippen LogP contribution in [-0.4, -0.2) is 28.0 Å². The number of hydrogen-bond donors (Lipinski definition) is 2. The molecule has 1 unspecified atom stereocenters. The fourth-order valence-electron chi connectivity index (χ4n) is 4.76. The zero-order valence-corrected chi connectivity index (χ0v) is 18.0. The summed E-state index contributed by atoms with van der Waals surface area (Å²) in [7, 11) is 0. The molecule has 0 radical (unpaired) electrons. The van der Waals surface area contributed by atoms with Crippen LogP contribution in [0.15, 0.2) is 64.2 Å². The molecule has 2 aromatic heterocycles. The van der Waals surface area contributed by atoms with Crippen molar-refractivity contribution in [2.24, 2.45) is 0 Å². The Morgan fingerprint density at radius 2 is 1.35 bits per heavy atom. The third-order valence-electron chi connectivity index (χ3n) is 6.50. The quantitative estimate of drug-likeness (QED) is 0.405. The largest absolute Gasteiger partial charge is 0.354 e. The topological polar surface area (TPSA) is 69.0 Å². The maximum absolute atomic E-state index is 13.4. The normalized spacial score (nSPS) is 13.0. The van der Waals surface area contributed by atoms with Gasteiger partial charge in [0.15, 0.2) is 10.9 Å². The molecule has 3 aromatic carbocycles. The minimum atomic E-state index is -0.0306. The Bertz CT molecular complexity index is 1580. The maximum atomic E-state index is 13.4. The van der Waals surface area contributed by atoms with E-state index in [1.807, 2.05) is 42.5 Å². The Balaban J connectivity index is 1.86. The molecule has 0 saturated heterocycles. The van der Waals surface area contributed by atoms with Gasteiger partial charge in [0.2, 0.25) is 0 Å². The van der Waals surface area contributed by atoms with E-state index in [0.717, 1.165) is 29.7 Å². The Hall–Kier alpha value is -3.44. The lowest BCUT2D eigenvalue weighted by Crippen LogP contribution is -2.26. The highest BCUT2D eigenvalue weighted by molar-refractivity contribution is 6.03. The number of fused-ring (bicyclic) bond motifs is 4. The smallest absolute Gasteiger partial charge is 0.197 e. The minimum Gasteiger partial charge on any atom is -0.354 e. The zero-order valence-electron chi connectivity index (χ0n) is 18.0. The van der Waals surface area contributed by atoms with E-state index in [1.165, 1.54) is 0 Å². The molecule has 5 rings (SSSR count). The lowest BCUT2D eigenvalue weighted by atomic mass is 10.00. The van der Waals surface area contributed by atoms with Crippen molar-refractivity contribution in [2.45, 2.75) is 26.8 Å². The molecule has 0 saturated carbocycles. The van der Waals surface area contributed by atoms with Crippen molar-refractivity contribution >= 4 is 43.6 Å². The number of nitrogens with zero attached hydrogens (tertiary/aromatic N) is 1. The summed E-state index contributed by atoms with van der Waals surface area (Å²) >= 11 is 0. The van der Waals surface area contributed by atoms with Crippen LogP contribution < -0.4 is 10.9 Å². The van der Waals surface area contributed by atoms with Crippen LogP contribution in [0, 0.1) is 0 Å². The summed E-state index contributed by atoms with van der Waals surface area (Å²) in [6.45, 7) is 8.32. The summed E-state index contributed by atoms with van der Waals surface area (Å²) in [6, 6.07) is 17.1. The summed E-state index contributed by atoms with van der Waals surface area (Å²) in [5, 5.41) is 2.48. The molecule has 0 amide bonds. The standard InChI is InChI=1S/C26H25N3O2/c1-4-29(5-2)15(3)16-10-8-11-18-24(16)28-23-14-19-22(13-20(23)26(18)31)27-21-12-7-6-9-17(21)25(19)30/h6-15H,4-5H2,1-3H3,(H,27,30)(H,28,31). The maximum Gasteiger partial charge on any atom is 0.197 e. The van der Waals surface area contributed by atoms with Crippen LogP contribution in [0.1, 0.15) is 32.4 Å². The molecular formula is C26H25N3O2. The van der Waals surface area contributed by atoms with E-state index in [0.29, 0.717) is 32.6 Å². The summed E-state index contributed by atoms with van der Waals surface area (Å²) in [5.74, 6) is 0. The van der Waals surface area contributed by atoms with E-state index in [4.69, 9.17) is 0 Å². The van der Waals surface area contributed by atoms with Crippen molar-refractivity contribution < 1.29 is 0 Å². The van der Waals surface area contributed by atoms with Gasteiger partial charge in [-0.3, -0.25) is 14.5 Å². The van der Waals surface area contributed by atoms with Crippen LogP contribution in [-0.2, 0) is 0 Å². The summed E-state index contributed by atoms with van der Waals surface area (Å²) < 4.78 is 0. The average Bonchev–Trinajstić information content (AvgIpc) is 2.79. The molecule has 0 spiro atoms. The van der Waals surface area contributed by atoms with Crippen LogP contribution in [0.2, 0.25) is 0 Å². The van der Waals surface area contributed by atoms with Crippen LogP contribution in [0.3, 0.4) is 0 Å². The van der Waals surface area contributed by atoms with E-state index in [1.54, 1.807) is 6.07 Å². The van der Waals surface area contributed by atoms with Gasteiger partial charge in [0, 0.05) is 33.1 Å². The van der Waals surface area contributed by atoms with E-state index in [2.05, 4.69) is 41.7 Å². The van der Waals surface area contributed by atoms with Crippen molar-refractivity contribution in [3.63, 3.8) is 0 Å². The average molecular weight is 412 g/mol. The number of H-pyrrole nitrogens is 2. The second kappa shape index (κ2) is 7.36. The summed E-state index contributed by atoms with van der Waals surface area (Å²) in [5.41, 5.74) is 4.01. The molecule has 0 bridgehead atoms. The molecule has 5 nitrogen and oxygen atoms in total. The van der Waals surface area contributed by atoms with Gasteiger partial charge in [-0.25, -0.2) is 0 Å². The zero-order chi connectivity index (χ0) is 21.7. The molecule has 0 aliphatic rings. The molecule has 1 atom stereocenters. The van der Waals surface area contributed by atoms with Crippen LogP contribution in [0.25, 0.3) is 43.6 Å². The minimum absolute atomic E-state index is 0.0201. The van der Waals surface area contributed by atoms with Crippen molar-refractivity contribution in [1.82, 2.24) is 14.9 Å². The molecular weight excluding hydrogens is 386 g/mol. The molecule has 0 aliphatic carbocycles. The third kappa shape index (κ3) is 2.96. The lowest BCUT2D eigenvalue weighted by molar-refractivity contribution is 0.235. The predicted octanol–water partition coefficient (Wildman–Crippen LogP) is 5.08. The Morgan fingerprint density at radius 3 is 2.06 bits per heavy atom. The van der Waals surface area contributed by atoms with Gasteiger partial charge in [-0.05, 0) is 55.9 Å². The first-order valence-corrected chi connectivity index (χ1v) is 10.8. The molecule has 0 fully saturated rings. The van der Waals surface area contributed by atoms with Gasteiger partial charge in [-0.1, -0.05) is 38.1 Å². The molecule has 31 heavy (non-hydrogen) atoms. The molecule has 2 heterocycles. The Kier molecular flexibility index (Phi) is 4.63. The van der Waals surface area contributed by atoms with Gasteiger partial charge < -0.3 is 9.97 Å². The van der Waals surface area contributed by atoms with Crippen LogP contribution in [0.4, 0.5) is 0 Å². The molecule has 0 aliphatic heterocycles. The third-order valence-corrected chi connectivity index (χ3v) is 6.50. The Morgan fingerprint density at radius 1 is 0.742 bits per heavy atom. The second-order valence-corrected chi connectivity index (χ2v) is 8.06. The number of aromatic nitrogens is 2. The van der Waals surface area contributed by atoms with Gasteiger partial charge in [0.05, 0.1) is 16.6 Å². The first kappa shape index (κ1) is 19.5. The van der Waals surface area contributed by atoms with Crippen molar-refractivity contribution in [2.75, 3.05) is 13.1 Å². The lowest BCUT2D eigenvalue weighted by Gasteiger charge is -2.27. The highest BCUT2D eigenvalue weighted by atomic mass is 16.1. The van der Waals surface area contributed by atoms with E-state index >= 15 is 0 Å². The van der Waals surface area contributed by atoms with Crippen molar-refractivity contribution in [3.05, 3.63) is 80.6 Å². The van der Waals surface area contributed by atoms with Gasteiger partial charge in [-0.2, -0.15) is 0 Å². The summed E-state index contributed by atoms with van der Waals surface area (Å²) in [6.07, 6.45) is 0. The number of hydrogen-bond acceptors (Lipinski definition) is 3. The fraction of sp³-hybridized carbons (Fsp3) is 0.231. The second-order valence-electron chi connectivity index (χ2n) is 8.06. The highest BCUT2D eigenvalue weighted by Crippen LogP contribution is 2.28. The molecule has 5 aromatic rings. The fourth-order valence-corrected chi connectivity index (χ4v) is 4.76. The number of aromatic amines is 2. The van der Waals surface area contributed by atoms with Gasteiger partial charge >= 0.3 is 0 Å². The van der Waals surface area contributed by atoms with Crippen LogP contribution >= 0.6 is 0 Å². The number of benzene rings is 3. The first-order chi connectivity index (χ1) is 15.0. The van der Waals surface area contributed by atoms with Gasteiger partial charge in [-0.15, -0.1) is 0 Å². The molecule has 2 N–H and O–H groups in total. The van der Waals surface area contributed by atoms with Gasteiger partial charge in [0.1, 0.15) is 0 Å². The monoisotopic (exact) mass is 411 g/mol. The van der Waals surface area contributed by atoms with Crippen LogP contribution in [0.5, 0.6) is 0 Å². The SMILES string of the molecule is CCN(CC)C(C)c1cccc2c(=O)c3cc4[nH]c5ccccc5c(=O)c4cc3[nH]c12. The number of nitrogens with one attached hydrogen (secondary N) is 2. The van der Waals surface area contributed by atoms with Crippen molar-refractivity contribution in [3.8, 4) is 0 Å². The number of pyridine rings is 2. The van der Waals surface area contributed by atoms with E-state index in [9.17, 15) is 9.59 Å². The van der Waals surface area contributed by atoms with E-state index < -0.39 is 0 Å². The first-order valence-electron chi connectivity index (χ1n) is 10.8. The highest BCUT2D eigenvalue weighted by Gasteiger charge is 2.18. The predicted molar refractivity (Wildman–Crippen MR) is 129 cm³/mol. The number of para-hydroxylation sites is 2. The van der Waals surface area contributed by atoms with Crippen molar-refractivity contribution in [1.29, 1.82) is 0 Å². The number of rotatable bonds is 4. The van der Waals surface area contributed by atoms with E-state index in [-0.39, 0.29) is 16.9 Å². The molecule has 156 valence electrons. The summed E-state index contributed by atoms with van der Waals surface area (Å²) in [4.78, 5) is 35.7. The van der Waals surface area contributed by atoms with Gasteiger partial charge in [0.25, 0.3) is 0 Å². The Labute approximate surface area is 179 Å². The molecule has 5 heteroatoms.